The number of para-hydroxylation sites is 2. The number of halogens is 3. The highest BCUT2D eigenvalue weighted by atomic mass is 32.2. The van der Waals surface area contributed by atoms with E-state index in [9.17, 15) is 30.0 Å². The summed E-state index contributed by atoms with van der Waals surface area (Å²) in [5, 5.41) is 2.15. The van der Waals surface area contributed by atoms with Crippen LogP contribution in [0.2, 0.25) is 0 Å². The van der Waals surface area contributed by atoms with E-state index in [1.165, 1.54) is 40.7 Å². The van der Waals surface area contributed by atoms with E-state index >= 15 is 0 Å². The molecule has 0 radical (unpaired) electrons. The molecule has 8 nitrogen and oxygen atoms in total. The largest absolute Gasteiger partial charge is 0.405 e. The smallest absolute Gasteiger partial charge is 0.379 e. The third kappa shape index (κ3) is 5.87. The highest BCUT2D eigenvalue weighted by Crippen LogP contribution is 2.27. The van der Waals surface area contributed by atoms with E-state index in [1.54, 1.807) is 0 Å². The predicted octanol–water partition coefficient (Wildman–Crippen LogP) is 2.48. The normalized spacial score (nSPS) is 16.1. The van der Waals surface area contributed by atoms with Crippen molar-refractivity contribution in [2.24, 2.45) is 0 Å². The Morgan fingerprint density at radius 2 is 1.42 bits per heavy atom. The molecule has 0 saturated carbocycles. The van der Waals surface area contributed by atoms with E-state index in [4.69, 9.17) is 4.74 Å². The number of sulfonamides is 2. The summed E-state index contributed by atoms with van der Waals surface area (Å²) in [6.07, 6.45) is -4.48. The first-order valence-corrected chi connectivity index (χ1v) is 12.0. The predicted molar refractivity (Wildman–Crippen MR) is 108 cm³/mol. The summed E-state index contributed by atoms with van der Waals surface area (Å²) < 4.78 is 96.7. The Balaban J connectivity index is 1.79. The minimum atomic E-state index is -4.48. The van der Waals surface area contributed by atoms with Crippen LogP contribution in [0.4, 0.5) is 24.5 Å². The van der Waals surface area contributed by atoms with Gasteiger partial charge in [-0.2, -0.15) is 17.5 Å². The summed E-state index contributed by atoms with van der Waals surface area (Å²) in [6, 6.07) is 10.1. The third-order valence-electron chi connectivity index (χ3n) is 4.39. The number of hydrogen-bond donors (Lipinski definition) is 2. The van der Waals surface area contributed by atoms with Gasteiger partial charge in [-0.25, -0.2) is 16.8 Å². The fraction of sp³-hybridized carbons (Fsp3) is 0.333. The zero-order chi connectivity index (χ0) is 22.7. The zero-order valence-electron chi connectivity index (χ0n) is 16.1. The molecular weight excluding hydrogens is 459 g/mol. The van der Waals surface area contributed by atoms with E-state index in [-0.39, 0.29) is 47.5 Å². The van der Waals surface area contributed by atoms with Crippen LogP contribution >= 0.6 is 0 Å². The van der Waals surface area contributed by atoms with Crippen molar-refractivity contribution >= 4 is 31.4 Å². The average molecular weight is 480 g/mol. The molecule has 0 aromatic heterocycles. The van der Waals surface area contributed by atoms with Crippen LogP contribution in [0.3, 0.4) is 0 Å². The van der Waals surface area contributed by atoms with E-state index in [0.717, 1.165) is 12.1 Å². The number of hydrogen-bond acceptors (Lipinski definition) is 6. The lowest BCUT2D eigenvalue weighted by Gasteiger charge is -2.26. The van der Waals surface area contributed by atoms with E-state index in [1.807, 2.05) is 0 Å². The Morgan fingerprint density at radius 3 is 2.00 bits per heavy atom. The number of anilines is 2. The number of ether oxygens (including phenoxy) is 1. The van der Waals surface area contributed by atoms with Gasteiger partial charge in [0.25, 0.3) is 10.0 Å². The van der Waals surface area contributed by atoms with Crippen LogP contribution in [-0.4, -0.2) is 60.2 Å². The fourth-order valence-corrected chi connectivity index (χ4v) is 5.34. The zero-order valence-corrected chi connectivity index (χ0v) is 17.7. The maximum Gasteiger partial charge on any atom is 0.405 e. The number of nitrogens with one attached hydrogen (secondary N) is 2. The highest BCUT2D eigenvalue weighted by Gasteiger charge is 2.28. The Bertz CT molecular complexity index is 1110. The monoisotopic (exact) mass is 479 g/mol. The van der Waals surface area contributed by atoms with Crippen molar-refractivity contribution < 1.29 is 34.7 Å². The van der Waals surface area contributed by atoms with Crippen LogP contribution in [-0.2, 0) is 24.8 Å². The molecule has 1 saturated heterocycles. The van der Waals surface area contributed by atoms with E-state index in [2.05, 4.69) is 10.0 Å². The minimum Gasteiger partial charge on any atom is -0.379 e. The molecule has 0 unspecified atom stereocenters. The topological polar surface area (TPSA) is 105 Å². The quantitative estimate of drug-likeness (QED) is 0.632. The third-order valence-corrected chi connectivity index (χ3v) is 7.69. The Morgan fingerprint density at radius 1 is 0.871 bits per heavy atom. The average Bonchev–Trinajstić information content (AvgIpc) is 2.73. The molecule has 1 heterocycles. The van der Waals surface area contributed by atoms with Gasteiger partial charge in [0.05, 0.1) is 34.4 Å². The number of benzene rings is 2. The van der Waals surface area contributed by atoms with Gasteiger partial charge in [0, 0.05) is 13.1 Å². The Labute approximate surface area is 178 Å². The SMILES string of the molecule is O=S(=O)(Nc1ccccc1NCC(F)(F)F)c1ccc(S(=O)(=O)N2CCOCC2)cc1. The molecule has 0 spiro atoms. The minimum absolute atomic E-state index is 0.0464. The second-order valence-corrected chi connectivity index (χ2v) is 10.2. The van der Waals surface area contributed by atoms with E-state index < -0.39 is 32.8 Å². The van der Waals surface area contributed by atoms with Crippen LogP contribution in [0.25, 0.3) is 0 Å². The molecule has 2 N–H and O–H groups in total. The maximum absolute atomic E-state index is 12.7. The summed E-state index contributed by atoms with van der Waals surface area (Å²) in [6.45, 7) is -0.383. The molecular formula is C18H20F3N3O5S2. The van der Waals surface area contributed by atoms with Crippen LogP contribution in [0.1, 0.15) is 0 Å². The molecule has 0 bridgehead atoms. The summed E-state index contributed by atoms with van der Waals surface area (Å²) in [5.41, 5.74) is -0.119. The molecule has 0 amide bonds. The second kappa shape index (κ2) is 9.02. The number of alkyl halides is 3. The molecule has 1 aliphatic heterocycles. The van der Waals surface area contributed by atoms with Crippen molar-refractivity contribution in [1.82, 2.24) is 4.31 Å². The molecule has 0 atom stereocenters. The summed E-state index contributed by atoms with van der Waals surface area (Å²) in [5.74, 6) is 0. The first-order valence-electron chi connectivity index (χ1n) is 9.09. The van der Waals surface area contributed by atoms with Gasteiger partial charge < -0.3 is 10.1 Å². The van der Waals surface area contributed by atoms with Gasteiger partial charge in [0.1, 0.15) is 6.54 Å². The molecule has 1 aliphatic rings. The van der Waals surface area contributed by atoms with Crippen molar-refractivity contribution in [3.05, 3.63) is 48.5 Å². The van der Waals surface area contributed by atoms with Gasteiger partial charge in [0.2, 0.25) is 10.0 Å². The van der Waals surface area contributed by atoms with Crippen molar-refractivity contribution in [3.63, 3.8) is 0 Å². The number of morpholine rings is 1. The molecule has 3 rings (SSSR count). The Hall–Kier alpha value is -2.35. The van der Waals surface area contributed by atoms with Crippen molar-refractivity contribution in [1.29, 1.82) is 0 Å². The van der Waals surface area contributed by atoms with Gasteiger partial charge in [-0.05, 0) is 36.4 Å². The number of nitrogens with zero attached hydrogens (tertiary/aromatic N) is 1. The van der Waals surface area contributed by atoms with Gasteiger partial charge in [-0.1, -0.05) is 12.1 Å². The summed E-state index contributed by atoms with van der Waals surface area (Å²) in [7, 11) is -7.97. The first-order chi connectivity index (χ1) is 14.5. The standard InChI is InChI=1S/C18H20F3N3O5S2/c19-18(20,21)13-22-16-3-1-2-4-17(16)23-30(25,26)14-5-7-15(8-6-14)31(27,28)24-9-11-29-12-10-24/h1-8,22-23H,9-13H2. The maximum atomic E-state index is 12.7. The molecule has 31 heavy (non-hydrogen) atoms. The molecule has 170 valence electrons. The lowest BCUT2D eigenvalue weighted by Crippen LogP contribution is -2.40. The van der Waals surface area contributed by atoms with Crippen LogP contribution < -0.4 is 10.0 Å². The lowest BCUT2D eigenvalue weighted by molar-refractivity contribution is -0.115. The van der Waals surface area contributed by atoms with Crippen molar-refractivity contribution in [2.45, 2.75) is 16.0 Å². The Kier molecular flexibility index (Phi) is 6.79. The van der Waals surface area contributed by atoms with Crippen LogP contribution in [0.15, 0.2) is 58.3 Å². The molecule has 13 heteroatoms. The summed E-state index contributed by atoms with van der Waals surface area (Å²) >= 11 is 0. The molecule has 0 aliphatic carbocycles. The van der Waals surface area contributed by atoms with Gasteiger partial charge >= 0.3 is 6.18 Å². The molecule has 2 aromatic rings. The molecule has 1 fully saturated rings. The highest BCUT2D eigenvalue weighted by molar-refractivity contribution is 7.92. The van der Waals surface area contributed by atoms with Gasteiger partial charge in [0.15, 0.2) is 0 Å². The second-order valence-electron chi connectivity index (χ2n) is 6.61. The van der Waals surface area contributed by atoms with Gasteiger partial charge in [-0.3, -0.25) is 4.72 Å². The van der Waals surface area contributed by atoms with E-state index in [0.29, 0.717) is 0 Å². The van der Waals surface area contributed by atoms with Crippen LogP contribution in [0, 0.1) is 0 Å². The number of rotatable bonds is 7. The van der Waals surface area contributed by atoms with Crippen molar-refractivity contribution in [2.75, 3.05) is 42.9 Å². The van der Waals surface area contributed by atoms with Crippen LogP contribution in [0.5, 0.6) is 0 Å². The molecule has 2 aromatic carbocycles. The first kappa shape index (κ1) is 23.3. The lowest BCUT2D eigenvalue weighted by atomic mass is 10.3. The van der Waals surface area contributed by atoms with Gasteiger partial charge in [-0.15, -0.1) is 0 Å². The summed E-state index contributed by atoms with van der Waals surface area (Å²) in [4.78, 5) is -0.306. The fourth-order valence-electron chi connectivity index (χ4n) is 2.85. The van der Waals surface area contributed by atoms with Crippen molar-refractivity contribution in [3.8, 4) is 0 Å².